The first-order valence-electron chi connectivity index (χ1n) is 9.64. The van der Waals surface area contributed by atoms with Crippen LogP contribution >= 0.6 is 27.5 Å². The number of carbonyl (C=O) groups is 1. The molecule has 1 aliphatic heterocycles. The summed E-state index contributed by atoms with van der Waals surface area (Å²) >= 11 is 9.57. The zero-order valence-electron chi connectivity index (χ0n) is 16.5. The highest BCUT2D eigenvalue weighted by Crippen LogP contribution is 2.45. The third kappa shape index (κ3) is 3.42. The molecule has 1 amide bonds. The van der Waals surface area contributed by atoms with Crippen molar-refractivity contribution in [3.8, 4) is 17.0 Å². The Morgan fingerprint density at radius 3 is 2.52 bits per heavy atom. The maximum Gasteiger partial charge on any atom is 0.277 e. The van der Waals surface area contributed by atoms with E-state index in [4.69, 9.17) is 16.3 Å². The summed E-state index contributed by atoms with van der Waals surface area (Å²) in [6, 6.07) is 22.6. The van der Waals surface area contributed by atoms with Crippen molar-refractivity contribution in [1.29, 1.82) is 0 Å². The van der Waals surface area contributed by atoms with Crippen LogP contribution in [0.4, 0.5) is 5.69 Å². The standard InChI is InChI=1S/C24H17BrClN3O2/c1-31-19-4-2-3-15(13-19)23-20-21(14-5-7-16(25)8-6-14)27-28-22(20)24(30)29(23)18-11-9-17(26)10-12-18/h2-13,23H,1H3,(H,27,28). The van der Waals surface area contributed by atoms with Crippen LogP contribution in [0.5, 0.6) is 5.75 Å². The molecule has 3 aromatic carbocycles. The van der Waals surface area contributed by atoms with Gasteiger partial charge in [-0.05, 0) is 54.1 Å². The smallest absolute Gasteiger partial charge is 0.277 e. The van der Waals surface area contributed by atoms with E-state index in [1.54, 1.807) is 24.1 Å². The quantitative estimate of drug-likeness (QED) is 0.365. The Kier molecular flexibility index (Phi) is 5.04. The van der Waals surface area contributed by atoms with Crippen LogP contribution in [0.1, 0.15) is 27.7 Å². The fraction of sp³-hybridized carbons (Fsp3) is 0.0833. The van der Waals surface area contributed by atoms with Crippen LogP contribution in [0.3, 0.4) is 0 Å². The first-order valence-corrected chi connectivity index (χ1v) is 10.8. The molecule has 0 spiro atoms. The summed E-state index contributed by atoms with van der Waals surface area (Å²) in [7, 11) is 1.63. The number of aromatic amines is 1. The lowest BCUT2D eigenvalue weighted by Crippen LogP contribution is -2.29. The largest absolute Gasteiger partial charge is 0.497 e. The van der Waals surface area contributed by atoms with E-state index in [0.29, 0.717) is 10.7 Å². The highest BCUT2D eigenvalue weighted by Gasteiger charge is 2.43. The molecule has 0 saturated heterocycles. The molecule has 0 fully saturated rings. The van der Waals surface area contributed by atoms with Crippen LogP contribution in [0.2, 0.25) is 5.02 Å². The van der Waals surface area contributed by atoms with Gasteiger partial charge in [-0.1, -0.05) is 51.8 Å². The molecule has 0 aliphatic carbocycles. The van der Waals surface area contributed by atoms with Gasteiger partial charge in [-0.15, -0.1) is 0 Å². The monoisotopic (exact) mass is 493 g/mol. The molecular weight excluding hydrogens is 478 g/mol. The Morgan fingerprint density at radius 1 is 1.06 bits per heavy atom. The zero-order valence-corrected chi connectivity index (χ0v) is 18.8. The molecule has 0 bridgehead atoms. The van der Waals surface area contributed by atoms with Gasteiger partial charge in [0.2, 0.25) is 0 Å². The van der Waals surface area contributed by atoms with Crippen molar-refractivity contribution in [3.63, 3.8) is 0 Å². The predicted molar refractivity (Wildman–Crippen MR) is 125 cm³/mol. The molecule has 0 saturated carbocycles. The Morgan fingerprint density at radius 2 is 1.81 bits per heavy atom. The van der Waals surface area contributed by atoms with Crippen molar-refractivity contribution in [3.05, 3.63) is 99.1 Å². The number of nitrogens with one attached hydrogen (secondary N) is 1. The van der Waals surface area contributed by atoms with Gasteiger partial charge in [-0.2, -0.15) is 5.10 Å². The second-order valence-corrected chi connectivity index (χ2v) is 8.55. The van der Waals surface area contributed by atoms with Crippen molar-refractivity contribution < 1.29 is 9.53 Å². The maximum absolute atomic E-state index is 13.5. The molecule has 4 aromatic rings. The van der Waals surface area contributed by atoms with Gasteiger partial charge in [0.25, 0.3) is 5.91 Å². The lowest BCUT2D eigenvalue weighted by atomic mass is 9.95. The topological polar surface area (TPSA) is 58.2 Å². The van der Waals surface area contributed by atoms with Crippen molar-refractivity contribution in [2.45, 2.75) is 6.04 Å². The first-order chi connectivity index (χ1) is 15.1. The summed E-state index contributed by atoms with van der Waals surface area (Å²) < 4.78 is 6.42. The highest BCUT2D eigenvalue weighted by atomic mass is 79.9. The average Bonchev–Trinajstić information content (AvgIpc) is 3.34. The fourth-order valence-electron chi connectivity index (χ4n) is 3.97. The van der Waals surface area contributed by atoms with E-state index in [-0.39, 0.29) is 11.9 Å². The van der Waals surface area contributed by atoms with Crippen LogP contribution in [0.25, 0.3) is 11.3 Å². The lowest BCUT2D eigenvalue weighted by molar-refractivity contribution is 0.0988. The molecule has 1 aliphatic rings. The van der Waals surface area contributed by atoms with E-state index in [2.05, 4.69) is 26.1 Å². The molecule has 5 nitrogen and oxygen atoms in total. The average molecular weight is 495 g/mol. The molecule has 7 heteroatoms. The number of amides is 1. The van der Waals surface area contributed by atoms with E-state index in [1.165, 1.54) is 0 Å². The van der Waals surface area contributed by atoms with Gasteiger partial charge in [0.1, 0.15) is 11.4 Å². The maximum atomic E-state index is 13.5. The van der Waals surface area contributed by atoms with Gasteiger partial charge in [0.15, 0.2) is 0 Å². The number of methoxy groups -OCH3 is 1. The summed E-state index contributed by atoms with van der Waals surface area (Å²) in [5, 5.41) is 8.10. The lowest BCUT2D eigenvalue weighted by Gasteiger charge is -2.26. The molecule has 1 aromatic heterocycles. The molecule has 2 heterocycles. The molecule has 31 heavy (non-hydrogen) atoms. The number of aromatic nitrogens is 2. The summed E-state index contributed by atoms with van der Waals surface area (Å²) in [6.07, 6.45) is 0. The van der Waals surface area contributed by atoms with Gasteiger partial charge in [-0.3, -0.25) is 14.8 Å². The highest BCUT2D eigenvalue weighted by molar-refractivity contribution is 9.10. The molecule has 5 rings (SSSR count). The molecule has 1 N–H and O–H groups in total. The van der Waals surface area contributed by atoms with Gasteiger partial charge in [-0.25, -0.2) is 0 Å². The minimum atomic E-state index is -0.365. The third-order valence-corrected chi connectivity index (χ3v) is 6.18. The second-order valence-electron chi connectivity index (χ2n) is 7.20. The Labute approximate surface area is 192 Å². The van der Waals surface area contributed by atoms with Crippen LogP contribution in [-0.2, 0) is 0 Å². The molecular formula is C24H17BrClN3O2. The number of benzene rings is 3. The summed E-state index contributed by atoms with van der Waals surface area (Å²) in [6.45, 7) is 0. The Bertz CT molecular complexity index is 1270. The number of anilines is 1. The molecule has 154 valence electrons. The van der Waals surface area contributed by atoms with E-state index < -0.39 is 0 Å². The van der Waals surface area contributed by atoms with Gasteiger partial charge in [0.05, 0.1) is 18.8 Å². The van der Waals surface area contributed by atoms with Crippen molar-refractivity contribution >= 4 is 39.1 Å². The zero-order chi connectivity index (χ0) is 21.5. The van der Waals surface area contributed by atoms with Crippen molar-refractivity contribution in [2.24, 2.45) is 0 Å². The summed E-state index contributed by atoms with van der Waals surface area (Å²) in [5.74, 6) is 0.587. The van der Waals surface area contributed by atoms with E-state index in [9.17, 15) is 4.79 Å². The number of ether oxygens (including phenoxy) is 1. The van der Waals surface area contributed by atoms with Crippen LogP contribution in [0.15, 0.2) is 77.3 Å². The number of hydrogen-bond acceptors (Lipinski definition) is 3. The molecule has 1 unspecified atom stereocenters. The van der Waals surface area contributed by atoms with Crippen LogP contribution in [-0.4, -0.2) is 23.2 Å². The number of hydrogen-bond donors (Lipinski definition) is 1. The molecule has 1 atom stereocenters. The predicted octanol–water partition coefficient (Wildman–Crippen LogP) is 6.25. The number of rotatable bonds is 4. The fourth-order valence-corrected chi connectivity index (χ4v) is 4.36. The minimum absolute atomic E-state index is 0.138. The number of fused-ring (bicyclic) bond motifs is 1. The minimum Gasteiger partial charge on any atom is -0.497 e. The van der Waals surface area contributed by atoms with Gasteiger partial charge >= 0.3 is 0 Å². The van der Waals surface area contributed by atoms with Crippen molar-refractivity contribution in [2.75, 3.05) is 12.0 Å². The summed E-state index contributed by atoms with van der Waals surface area (Å²) in [5.41, 5.74) is 4.70. The van der Waals surface area contributed by atoms with Crippen molar-refractivity contribution in [1.82, 2.24) is 10.2 Å². The molecule has 0 radical (unpaired) electrons. The number of H-pyrrole nitrogens is 1. The Hall–Kier alpha value is -3.09. The Balaban J connectivity index is 1.72. The van der Waals surface area contributed by atoms with E-state index in [1.807, 2.05) is 60.7 Å². The third-order valence-electron chi connectivity index (χ3n) is 5.40. The second kappa shape index (κ2) is 7.87. The number of halogens is 2. The number of nitrogens with zero attached hydrogens (tertiary/aromatic N) is 2. The SMILES string of the molecule is COc1cccc(C2c3c(-c4ccc(Br)cc4)n[nH]c3C(=O)N2c2ccc(Cl)cc2)c1. The van der Waals surface area contributed by atoms with Crippen LogP contribution < -0.4 is 9.64 Å². The first kappa shape index (κ1) is 19.8. The van der Waals surface area contributed by atoms with Gasteiger partial charge < -0.3 is 4.74 Å². The number of carbonyl (C=O) groups excluding carboxylic acids is 1. The van der Waals surface area contributed by atoms with Crippen LogP contribution in [0, 0.1) is 0 Å². The van der Waals surface area contributed by atoms with E-state index >= 15 is 0 Å². The summed E-state index contributed by atoms with van der Waals surface area (Å²) in [4.78, 5) is 15.3. The normalized spacial score (nSPS) is 15.3. The van der Waals surface area contributed by atoms with E-state index in [0.717, 1.165) is 38.3 Å². The van der Waals surface area contributed by atoms with Gasteiger partial charge in [0, 0.05) is 26.3 Å².